The van der Waals surface area contributed by atoms with Crippen molar-refractivity contribution in [3.05, 3.63) is 0 Å². The summed E-state index contributed by atoms with van der Waals surface area (Å²) in [6.45, 7) is 3.10. The number of hydrogen-bond acceptors (Lipinski definition) is 3. The van der Waals surface area contributed by atoms with E-state index in [9.17, 15) is 9.90 Å². The highest BCUT2D eigenvalue weighted by Gasteiger charge is 2.33. The second kappa shape index (κ2) is 3.19. The molecule has 0 aromatic heterocycles. The number of likely N-dealkylation sites (tertiary alicyclic amines) is 1. The Morgan fingerprint density at radius 2 is 2.36 bits per heavy atom. The van der Waals surface area contributed by atoms with E-state index in [2.05, 4.69) is 0 Å². The second-order valence-corrected chi connectivity index (χ2v) is 2.84. The first-order valence-corrected chi connectivity index (χ1v) is 3.80. The zero-order chi connectivity index (χ0) is 8.43. The van der Waals surface area contributed by atoms with Crippen LogP contribution in [0.2, 0.25) is 0 Å². The smallest absolute Gasteiger partial charge is 0.307 e. The van der Waals surface area contributed by atoms with Gasteiger partial charge in [-0.3, -0.25) is 9.69 Å². The molecule has 0 aromatic rings. The highest BCUT2D eigenvalue weighted by Crippen LogP contribution is 2.20. The van der Waals surface area contributed by atoms with Crippen molar-refractivity contribution in [1.82, 2.24) is 4.90 Å². The van der Waals surface area contributed by atoms with Crippen LogP contribution in [0.15, 0.2) is 0 Å². The molecule has 1 aliphatic rings. The van der Waals surface area contributed by atoms with Crippen LogP contribution in [-0.4, -0.2) is 40.4 Å². The zero-order valence-electron chi connectivity index (χ0n) is 6.53. The molecule has 64 valence electrons. The van der Waals surface area contributed by atoms with E-state index in [0.29, 0.717) is 19.5 Å². The standard InChI is InChI=1S/C7H13NO3/c1-2-8-4-5(7(10)11)3-6(8)9/h5-6,9H,2-4H2,1H3,(H,10,11). The van der Waals surface area contributed by atoms with Crippen molar-refractivity contribution in [2.24, 2.45) is 5.92 Å². The molecule has 0 saturated carbocycles. The Labute approximate surface area is 65.4 Å². The third kappa shape index (κ3) is 1.70. The monoisotopic (exact) mass is 159 g/mol. The van der Waals surface area contributed by atoms with E-state index in [-0.39, 0.29) is 5.92 Å². The highest BCUT2D eigenvalue weighted by molar-refractivity contribution is 5.70. The molecule has 0 aliphatic carbocycles. The van der Waals surface area contributed by atoms with Crippen LogP contribution < -0.4 is 0 Å². The number of aliphatic carboxylic acids is 1. The first-order valence-electron chi connectivity index (χ1n) is 3.80. The van der Waals surface area contributed by atoms with Gasteiger partial charge < -0.3 is 10.2 Å². The quantitative estimate of drug-likeness (QED) is 0.582. The molecular weight excluding hydrogens is 146 g/mol. The first kappa shape index (κ1) is 8.49. The lowest BCUT2D eigenvalue weighted by atomic mass is 10.1. The van der Waals surface area contributed by atoms with Crippen LogP contribution in [0, 0.1) is 5.92 Å². The summed E-state index contributed by atoms with van der Waals surface area (Å²) in [6.07, 6.45) is -0.190. The molecule has 2 N–H and O–H groups in total. The van der Waals surface area contributed by atoms with Crippen LogP contribution >= 0.6 is 0 Å². The number of rotatable bonds is 2. The third-order valence-corrected chi connectivity index (χ3v) is 2.13. The maximum Gasteiger partial charge on any atom is 0.307 e. The van der Waals surface area contributed by atoms with Crippen molar-refractivity contribution < 1.29 is 15.0 Å². The van der Waals surface area contributed by atoms with Crippen molar-refractivity contribution in [3.8, 4) is 0 Å². The van der Waals surface area contributed by atoms with E-state index >= 15 is 0 Å². The van der Waals surface area contributed by atoms with Crippen LogP contribution in [0.3, 0.4) is 0 Å². The number of carboxylic acid groups (broad SMARTS) is 1. The number of carboxylic acids is 1. The van der Waals surface area contributed by atoms with Gasteiger partial charge >= 0.3 is 5.97 Å². The Hall–Kier alpha value is -0.610. The third-order valence-electron chi connectivity index (χ3n) is 2.13. The molecule has 1 rings (SSSR count). The second-order valence-electron chi connectivity index (χ2n) is 2.84. The molecule has 1 aliphatic heterocycles. The predicted molar refractivity (Wildman–Crippen MR) is 39.0 cm³/mol. The zero-order valence-corrected chi connectivity index (χ0v) is 6.53. The van der Waals surface area contributed by atoms with Crippen molar-refractivity contribution in [2.45, 2.75) is 19.6 Å². The van der Waals surface area contributed by atoms with Gasteiger partial charge in [0.25, 0.3) is 0 Å². The predicted octanol–water partition coefficient (Wildman–Crippen LogP) is -0.269. The molecule has 2 unspecified atom stereocenters. The Kier molecular flexibility index (Phi) is 2.46. The van der Waals surface area contributed by atoms with E-state index in [4.69, 9.17) is 5.11 Å². The molecule has 0 aromatic carbocycles. The summed E-state index contributed by atoms with van der Waals surface area (Å²) < 4.78 is 0. The Morgan fingerprint density at radius 1 is 1.73 bits per heavy atom. The van der Waals surface area contributed by atoms with E-state index in [1.165, 1.54) is 0 Å². The minimum atomic E-state index is -0.806. The molecule has 11 heavy (non-hydrogen) atoms. The lowest BCUT2D eigenvalue weighted by Gasteiger charge is -2.16. The summed E-state index contributed by atoms with van der Waals surface area (Å²) in [7, 11) is 0. The normalized spacial score (nSPS) is 32.5. The van der Waals surface area contributed by atoms with E-state index in [1.807, 2.05) is 6.92 Å². The van der Waals surface area contributed by atoms with Crippen molar-refractivity contribution >= 4 is 5.97 Å². The lowest BCUT2D eigenvalue weighted by molar-refractivity contribution is -0.141. The first-order chi connectivity index (χ1) is 5.15. The molecule has 4 heteroatoms. The van der Waals surface area contributed by atoms with Crippen LogP contribution in [-0.2, 0) is 4.79 Å². The topological polar surface area (TPSA) is 60.8 Å². The average Bonchev–Trinajstić information content (AvgIpc) is 2.31. The van der Waals surface area contributed by atoms with Gasteiger partial charge in [0.2, 0.25) is 0 Å². The van der Waals surface area contributed by atoms with Gasteiger partial charge in [0, 0.05) is 13.0 Å². The summed E-state index contributed by atoms with van der Waals surface area (Å²) in [5.41, 5.74) is 0. The van der Waals surface area contributed by atoms with Gasteiger partial charge in [-0.15, -0.1) is 0 Å². The van der Waals surface area contributed by atoms with Crippen LogP contribution in [0.1, 0.15) is 13.3 Å². The minimum Gasteiger partial charge on any atom is -0.481 e. The van der Waals surface area contributed by atoms with E-state index in [1.54, 1.807) is 4.90 Å². The molecular formula is C7H13NO3. The molecule has 0 amide bonds. The number of nitrogens with zero attached hydrogens (tertiary/aromatic N) is 1. The van der Waals surface area contributed by atoms with Crippen LogP contribution in [0.5, 0.6) is 0 Å². The molecule has 0 bridgehead atoms. The van der Waals surface area contributed by atoms with E-state index < -0.39 is 12.2 Å². The summed E-state index contributed by atoms with van der Waals surface area (Å²) in [4.78, 5) is 12.2. The van der Waals surface area contributed by atoms with Gasteiger partial charge in [0.05, 0.1) is 5.92 Å². The Morgan fingerprint density at radius 3 is 2.64 bits per heavy atom. The molecule has 4 nitrogen and oxygen atoms in total. The largest absolute Gasteiger partial charge is 0.481 e. The van der Waals surface area contributed by atoms with Crippen molar-refractivity contribution in [1.29, 1.82) is 0 Å². The van der Waals surface area contributed by atoms with Crippen molar-refractivity contribution in [2.75, 3.05) is 13.1 Å². The van der Waals surface area contributed by atoms with Crippen LogP contribution in [0.4, 0.5) is 0 Å². The summed E-state index contributed by atoms with van der Waals surface area (Å²) in [5.74, 6) is -1.19. The van der Waals surface area contributed by atoms with Gasteiger partial charge in [-0.1, -0.05) is 6.92 Å². The van der Waals surface area contributed by atoms with Gasteiger partial charge in [0.15, 0.2) is 0 Å². The lowest BCUT2D eigenvalue weighted by Crippen LogP contribution is -2.29. The summed E-state index contributed by atoms with van der Waals surface area (Å²) in [6, 6.07) is 0. The maximum atomic E-state index is 10.5. The van der Waals surface area contributed by atoms with Crippen molar-refractivity contribution in [3.63, 3.8) is 0 Å². The van der Waals surface area contributed by atoms with Gasteiger partial charge in [-0.2, -0.15) is 0 Å². The molecule has 0 radical (unpaired) electrons. The number of hydrogen-bond donors (Lipinski definition) is 2. The highest BCUT2D eigenvalue weighted by atomic mass is 16.4. The number of carbonyl (C=O) groups is 1. The number of aliphatic hydroxyl groups is 1. The Bertz CT molecular complexity index is 160. The SMILES string of the molecule is CCN1CC(C(=O)O)CC1O. The fraction of sp³-hybridized carbons (Fsp3) is 0.857. The molecule has 0 spiro atoms. The average molecular weight is 159 g/mol. The maximum absolute atomic E-state index is 10.5. The van der Waals surface area contributed by atoms with Gasteiger partial charge in [-0.05, 0) is 6.54 Å². The molecule has 2 atom stereocenters. The summed E-state index contributed by atoms with van der Waals surface area (Å²) in [5, 5.41) is 17.9. The molecule has 1 saturated heterocycles. The minimum absolute atomic E-state index is 0.364. The fourth-order valence-corrected chi connectivity index (χ4v) is 1.40. The van der Waals surface area contributed by atoms with Crippen LogP contribution in [0.25, 0.3) is 0 Å². The molecule has 1 fully saturated rings. The van der Waals surface area contributed by atoms with E-state index in [0.717, 1.165) is 0 Å². The Balaban J connectivity index is 2.49. The fourth-order valence-electron chi connectivity index (χ4n) is 1.40. The number of aliphatic hydroxyl groups excluding tert-OH is 1. The summed E-state index contributed by atoms with van der Waals surface area (Å²) >= 11 is 0. The van der Waals surface area contributed by atoms with Gasteiger partial charge in [-0.25, -0.2) is 0 Å². The molecule has 1 heterocycles. The van der Waals surface area contributed by atoms with Gasteiger partial charge in [0.1, 0.15) is 6.23 Å².